The molecular formula is C14H24N4O3S. The molecule has 3 unspecified atom stereocenters. The van der Waals surface area contributed by atoms with Gasteiger partial charge in [0.1, 0.15) is 17.7 Å². The summed E-state index contributed by atoms with van der Waals surface area (Å²) in [5, 5.41) is 33.0. The maximum atomic E-state index is 13.2. The Morgan fingerprint density at radius 1 is 1.55 bits per heavy atom. The van der Waals surface area contributed by atoms with Gasteiger partial charge in [-0.05, 0) is 11.3 Å². The number of rotatable bonds is 5. The van der Waals surface area contributed by atoms with Gasteiger partial charge < -0.3 is 15.1 Å². The number of aromatic nitrogens is 2. The van der Waals surface area contributed by atoms with Crippen molar-refractivity contribution in [3.63, 3.8) is 0 Å². The number of hydroxylamine groups is 2. The summed E-state index contributed by atoms with van der Waals surface area (Å²) >= 11 is 1.26. The number of ether oxygens (including phenoxy) is 1. The minimum absolute atomic E-state index is 0.111. The molecule has 1 aromatic rings. The van der Waals surface area contributed by atoms with Gasteiger partial charge in [0.2, 0.25) is 6.23 Å². The van der Waals surface area contributed by atoms with Crippen LogP contribution in [0.1, 0.15) is 25.8 Å². The third kappa shape index (κ3) is 3.08. The Bertz CT molecular complexity index is 530. The molecule has 3 atom stereocenters. The molecule has 2 rings (SSSR count). The van der Waals surface area contributed by atoms with E-state index >= 15 is 0 Å². The smallest absolute Gasteiger partial charge is 0.309 e. The molecule has 0 amide bonds. The lowest BCUT2D eigenvalue weighted by Gasteiger charge is -2.37. The molecule has 1 fully saturated rings. The molecule has 0 aromatic carbocycles. The Labute approximate surface area is 135 Å². The summed E-state index contributed by atoms with van der Waals surface area (Å²) < 4.78 is 4.24. The molecule has 0 bridgehead atoms. The highest BCUT2D eigenvalue weighted by molar-refractivity contribution is 7.15. The Morgan fingerprint density at radius 3 is 2.73 bits per heavy atom. The fourth-order valence-corrected chi connectivity index (χ4v) is 3.45. The van der Waals surface area contributed by atoms with Gasteiger partial charge in [0, 0.05) is 19.1 Å². The van der Waals surface area contributed by atoms with Crippen molar-refractivity contribution in [3.05, 3.63) is 22.9 Å². The van der Waals surface area contributed by atoms with E-state index in [2.05, 4.69) is 16.8 Å². The lowest BCUT2D eigenvalue weighted by Crippen LogP contribution is -2.51. The zero-order chi connectivity index (χ0) is 16.5. The van der Waals surface area contributed by atoms with Crippen molar-refractivity contribution in [2.75, 3.05) is 26.9 Å². The monoisotopic (exact) mass is 328 g/mol. The van der Waals surface area contributed by atoms with Crippen molar-refractivity contribution in [1.82, 2.24) is 19.7 Å². The second-order valence-corrected chi connectivity index (χ2v) is 7.53. The summed E-state index contributed by atoms with van der Waals surface area (Å²) in [7, 11) is 1.55. The van der Waals surface area contributed by atoms with Crippen molar-refractivity contribution < 1.29 is 9.84 Å². The first-order valence-electron chi connectivity index (χ1n) is 7.19. The third-order valence-electron chi connectivity index (χ3n) is 3.71. The fourth-order valence-electron chi connectivity index (χ4n) is 2.49. The number of hydrogen-bond donors (Lipinski definition) is 1. The maximum absolute atomic E-state index is 13.2. The largest absolute Gasteiger partial charge is 0.623 e. The number of aliphatic hydroxyl groups is 1. The highest BCUT2D eigenvalue weighted by Crippen LogP contribution is 2.38. The molecule has 22 heavy (non-hydrogen) atoms. The van der Waals surface area contributed by atoms with Crippen LogP contribution in [-0.4, -0.2) is 59.4 Å². The standard InChI is InChI=1S/C14H24N4O3S/c1-6-7-17-9-18(20,11(19)10(17)8-21-5)13-16-15-12(22-13)14(2,3)4/h6,10-11,19H,1,7-9H2,2-5H3. The first-order valence-corrected chi connectivity index (χ1v) is 8.01. The lowest BCUT2D eigenvalue weighted by atomic mass is 9.98. The predicted molar refractivity (Wildman–Crippen MR) is 87.2 cm³/mol. The molecule has 2 heterocycles. The molecular weight excluding hydrogens is 304 g/mol. The molecule has 0 spiro atoms. The summed E-state index contributed by atoms with van der Waals surface area (Å²) in [6.07, 6.45) is 0.562. The van der Waals surface area contributed by atoms with E-state index in [-0.39, 0.29) is 29.9 Å². The van der Waals surface area contributed by atoms with Gasteiger partial charge in [0.05, 0.1) is 6.61 Å². The van der Waals surface area contributed by atoms with Crippen LogP contribution in [0, 0.1) is 5.21 Å². The molecule has 124 valence electrons. The highest BCUT2D eigenvalue weighted by Gasteiger charge is 2.50. The highest BCUT2D eigenvalue weighted by atomic mass is 32.1. The molecule has 7 nitrogen and oxygen atoms in total. The van der Waals surface area contributed by atoms with Crippen LogP contribution in [0.5, 0.6) is 0 Å². The average molecular weight is 328 g/mol. The fraction of sp³-hybridized carbons (Fsp3) is 0.714. The van der Waals surface area contributed by atoms with E-state index in [0.717, 1.165) is 5.01 Å². The minimum Gasteiger partial charge on any atom is -0.623 e. The number of aliphatic hydroxyl groups excluding tert-OH is 1. The summed E-state index contributed by atoms with van der Waals surface area (Å²) in [4.78, 5) is 1.87. The van der Waals surface area contributed by atoms with Crippen molar-refractivity contribution in [3.8, 4) is 0 Å². The molecule has 1 aromatic heterocycles. The van der Waals surface area contributed by atoms with Crippen molar-refractivity contribution in [2.24, 2.45) is 0 Å². The van der Waals surface area contributed by atoms with Crippen LogP contribution in [0.15, 0.2) is 12.7 Å². The summed E-state index contributed by atoms with van der Waals surface area (Å²) in [6.45, 7) is 10.7. The van der Waals surface area contributed by atoms with Crippen LogP contribution in [-0.2, 0) is 10.2 Å². The molecule has 8 heteroatoms. The summed E-state index contributed by atoms with van der Waals surface area (Å²) in [5.74, 6) is 0. The average Bonchev–Trinajstić information content (AvgIpc) is 3.00. The Kier molecular flexibility index (Phi) is 5.00. The second-order valence-electron chi connectivity index (χ2n) is 6.57. The van der Waals surface area contributed by atoms with Crippen LogP contribution in [0.2, 0.25) is 0 Å². The van der Waals surface area contributed by atoms with Gasteiger partial charge in [-0.2, -0.15) is 0 Å². The van der Waals surface area contributed by atoms with Crippen molar-refractivity contribution >= 4 is 16.5 Å². The molecule has 0 saturated carbocycles. The molecule has 1 aliphatic heterocycles. The first kappa shape index (κ1) is 17.5. The van der Waals surface area contributed by atoms with Crippen molar-refractivity contribution in [2.45, 2.75) is 38.5 Å². The van der Waals surface area contributed by atoms with E-state index in [0.29, 0.717) is 6.54 Å². The van der Waals surface area contributed by atoms with Crippen LogP contribution in [0.3, 0.4) is 0 Å². The minimum atomic E-state index is -1.15. The Hall–Kier alpha value is -0.900. The molecule has 0 radical (unpaired) electrons. The van der Waals surface area contributed by atoms with E-state index in [1.54, 1.807) is 13.2 Å². The van der Waals surface area contributed by atoms with Crippen molar-refractivity contribution in [1.29, 1.82) is 0 Å². The predicted octanol–water partition coefficient (Wildman–Crippen LogP) is 1.43. The van der Waals surface area contributed by atoms with Crippen LogP contribution in [0.25, 0.3) is 0 Å². The summed E-state index contributed by atoms with van der Waals surface area (Å²) in [5.41, 5.74) is -0.174. The van der Waals surface area contributed by atoms with Gasteiger partial charge in [-0.1, -0.05) is 31.9 Å². The topological polar surface area (TPSA) is 81.5 Å². The summed E-state index contributed by atoms with van der Waals surface area (Å²) in [6, 6.07) is -0.387. The van der Waals surface area contributed by atoms with E-state index in [4.69, 9.17) is 4.74 Å². The van der Waals surface area contributed by atoms with Crippen LogP contribution >= 0.6 is 11.3 Å². The second kappa shape index (κ2) is 6.31. The zero-order valence-electron chi connectivity index (χ0n) is 13.5. The lowest BCUT2D eigenvalue weighted by molar-refractivity contribution is 0.0209. The van der Waals surface area contributed by atoms with E-state index in [1.807, 2.05) is 25.7 Å². The van der Waals surface area contributed by atoms with Gasteiger partial charge in [-0.15, -0.1) is 11.7 Å². The maximum Gasteiger partial charge on any atom is 0.309 e. The van der Waals surface area contributed by atoms with Gasteiger partial charge in [-0.3, -0.25) is 4.65 Å². The van der Waals surface area contributed by atoms with E-state index < -0.39 is 10.9 Å². The van der Waals surface area contributed by atoms with E-state index in [1.165, 1.54) is 11.3 Å². The molecule has 0 aliphatic carbocycles. The Morgan fingerprint density at radius 2 is 2.23 bits per heavy atom. The van der Waals surface area contributed by atoms with Crippen LogP contribution in [0.4, 0.5) is 5.13 Å². The quantitative estimate of drug-likeness (QED) is 0.500. The van der Waals surface area contributed by atoms with Gasteiger partial charge in [-0.25, -0.2) is 4.90 Å². The van der Waals surface area contributed by atoms with Gasteiger partial charge in [0.25, 0.3) is 0 Å². The van der Waals surface area contributed by atoms with Gasteiger partial charge in [0.15, 0.2) is 0 Å². The third-order valence-corrected chi connectivity index (χ3v) is 5.17. The Balaban J connectivity index is 2.32. The van der Waals surface area contributed by atoms with Crippen LogP contribution < -0.4 is 4.65 Å². The number of quaternary nitrogens is 1. The number of nitrogens with zero attached hydrogens (tertiary/aromatic N) is 4. The first-order chi connectivity index (χ1) is 10.2. The molecule has 1 saturated heterocycles. The number of methoxy groups -OCH3 is 1. The normalized spacial score (nSPS) is 29.9. The molecule has 1 aliphatic rings. The van der Waals surface area contributed by atoms with E-state index in [9.17, 15) is 10.3 Å². The van der Waals surface area contributed by atoms with Gasteiger partial charge >= 0.3 is 5.13 Å². The zero-order valence-corrected chi connectivity index (χ0v) is 14.3. The SMILES string of the molecule is C=CCN1C[N+]([O-])(c2nnc(C(C)(C)C)s2)C(O)C1COC. The number of hydrogen-bond acceptors (Lipinski definition) is 7. The molecule has 1 N–H and O–H groups in total.